The van der Waals surface area contributed by atoms with Crippen molar-refractivity contribution in [2.75, 3.05) is 38.2 Å². The summed E-state index contributed by atoms with van der Waals surface area (Å²) in [4.78, 5) is 27.0. The van der Waals surface area contributed by atoms with Crippen molar-refractivity contribution >= 4 is 36.0 Å². The summed E-state index contributed by atoms with van der Waals surface area (Å²) in [6.07, 6.45) is 3.96. The fraction of sp³-hybridized carbons (Fsp3) is 0.556. The van der Waals surface area contributed by atoms with Gasteiger partial charge in [0.05, 0.1) is 6.42 Å². The molecule has 2 rings (SSSR count). The first-order valence-corrected chi connectivity index (χ1v) is 9.92. The van der Waals surface area contributed by atoms with Crippen LogP contribution >= 0.6 is 24.2 Å². The summed E-state index contributed by atoms with van der Waals surface area (Å²) in [5.41, 5.74) is 0.963. The molecule has 0 spiro atoms. The zero-order chi connectivity index (χ0) is 17.2. The van der Waals surface area contributed by atoms with E-state index in [1.165, 1.54) is 0 Å². The molecular weight excluding hydrogens is 358 g/mol. The third-order valence-corrected chi connectivity index (χ3v) is 4.75. The number of benzene rings is 1. The van der Waals surface area contributed by atoms with Gasteiger partial charge in [-0.25, -0.2) is 0 Å². The lowest BCUT2D eigenvalue weighted by molar-refractivity contribution is -0.136. The Bertz CT molecular complexity index is 522. The Labute approximate surface area is 160 Å². The molecule has 1 atom stereocenters. The first kappa shape index (κ1) is 21.8. The number of hydrogen-bond acceptors (Lipinski definition) is 4. The Morgan fingerprint density at radius 1 is 1.24 bits per heavy atom. The number of rotatable bonds is 7. The lowest BCUT2D eigenvalue weighted by atomic mass is 10.1. The summed E-state index contributed by atoms with van der Waals surface area (Å²) in [6.45, 7) is 3.23. The van der Waals surface area contributed by atoms with E-state index >= 15 is 0 Å². The van der Waals surface area contributed by atoms with Crippen molar-refractivity contribution in [3.63, 3.8) is 0 Å². The first-order chi connectivity index (χ1) is 11.7. The summed E-state index contributed by atoms with van der Waals surface area (Å²) >= 11 is 1.69. The summed E-state index contributed by atoms with van der Waals surface area (Å²) < 4.78 is 0. The van der Waals surface area contributed by atoms with Crippen molar-refractivity contribution in [2.24, 2.45) is 0 Å². The van der Waals surface area contributed by atoms with E-state index in [0.29, 0.717) is 19.4 Å². The molecule has 0 radical (unpaired) electrons. The summed E-state index contributed by atoms with van der Waals surface area (Å²) in [5, 5.41) is 6.26. The number of amides is 2. The van der Waals surface area contributed by atoms with Gasteiger partial charge in [-0.2, -0.15) is 11.8 Å². The second-order valence-corrected chi connectivity index (χ2v) is 6.98. The van der Waals surface area contributed by atoms with Gasteiger partial charge in [-0.3, -0.25) is 9.59 Å². The largest absolute Gasteiger partial charge is 0.344 e. The topological polar surface area (TPSA) is 61.4 Å². The Hall–Kier alpha value is -1.24. The molecule has 7 heteroatoms. The number of carbonyl (C=O) groups excluding carboxylic acids is 2. The van der Waals surface area contributed by atoms with Gasteiger partial charge in [0.2, 0.25) is 11.8 Å². The highest BCUT2D eigenvalue weighted by atomic mass is 35.5. The van der Waals surface area contributed by atoms with E-state index in [9.17, 15) is 9.59 Å². The fourth-order valence-electron chi connectivity index (χ4n) is 2.81. The summed E-state index contributed by atoms with van der Waals surface area (Å²) in [5.74, 6) is 0.816. The monoisotopic (exact) mass is 385 g/mol. The quantitative estimate of drug-likeness (QED) is 0.750. The standard InChI is InChI=1S/C18H27N3O2S.ClH/c1-24-13-8-16(18(23)21-11-5-9-19-10-12-21)20-17(22)14-15-6-3-2-4-7-15;/h2-4,6-7,16,19H,5,8-14H2,1H3,(H,20,22);1H. The van der Waals surface area contributed by atoms with Crippen LogP contribution in [0.1, 0.15) is 18.4 Å². The van der Waals surface area contributed by atoms with E-state index in [4.69, 9.17) is 0 Å². The fourth-order valence-corrected chi connectivity index (χ4v) is 3.28. The highest BCUT2D eigenvalue weighted by Crippen LogP contribution is 2.08. The van der Waals surface area contributed by atoms with E-state index in [1.807, 2.05) is 41.5 Å². The molecule has 25 heavy (non-hydrogen) atoms. The summed E-state index contributed by atoms with van der Waals surface area (Å²) in [6, 6.07) is 9.20. The molecule has 0 aliphatic carbocycles. The van der Waals surface area contributed by atoms with Crippen LogP contribution in [0.4, 0.5) is 0 Å². The number of thioether (sulfide) groups is 1. The van der Waals surface area contributed by atoms with Crippen LogP contribution in [0.2, 0.25) is 0 Å². The molecule has 0 saturated carbocycles. The van der Waals surface area contributed by atoms with E-state index < -0.39 is 6.04 Å². The third kappa shape index (κ3) is 7.67. The highest BCUT2D eigenvalue weighted by molar-refractivity contribution is 7.98. The number of nitrogens with zero attached hydrogens (tertiary/aromatic N) is 1. The number of carbonyl (C=O) groups is 2. The van der Waals surface area contributed by atoms with Gasteiger partial charge in [0, 0.05) is 19.6 Å². The van der Waals surface area contributed by atoms with Crippen LogP contribution in [0.5, 0.6) is 0 Å². The smallest absolute Gasteiger partial charge is 0.245 e. The summed E-state index contributed by atoms with van der Waals surface area (Å²) in [7, 11) is 0. The lowest BCUT2D eigenvalue weighted by Gasteiger charge is -2.26. The molecule has 2 amide bonds. The number of hydrogen-bond donors (Lipinski definition) is 2. The molecule has 2 N–H and O–H groups in total. The second kappa shape index (κ2) is 12.2. The van der Waals surface area contributed by atoms with Gasteiger partial charge in [-0.1, -0.05) is 30.3 Å². The minimum absolute atomic E-state index is 0. The lowest BCUT2D eigenvalue weighted by Crippen LogP contribution is -2.50. The van der Waals surface area contributed by atoms with Crippen LogP contribution in [-0.4, -0.2) is 60.9 Å². The molecule has 0 aromatic heterocycles. The predicted octanol–water partition coefficient (Wildman–Crippen LogP) is 1.71. The molecule has 1 aromatic carbocycles. The van der Waals surface area contributed by atoms with Crippen molar-refractivity contribution in [3.05, 3.63) is 35.9 Å². The van der Waals surface area contributed by atoms with Crippen LogP contribution in [0.25, 0.3) is 0 Å². The van der Waals surface area contributed by atoms with Gasteiger partial charge < -0.3 is 15.5 Å². The molecule has 140 valence electrons. The Kier molecular flexibility index (Phi) is 10.6. The Balaban J connectivity index is 0.00000312. The van der Waals surface area contributed by atoms with E-state index in [0.717, 1.165) is 37.4 Å². The first-order valence-electron chi connectivity index (χ1n) is 8.52. The van der Waals surface area contributed by atoms with Crippen LogP contribution in [0.3, 0.4) is 0 Å². The molecule has 1 aromatic rings. The zero-order valence-electron chi connectivity index (χ0n) is 14.7. The van der Waals surface area contributed by atoms with Gasteiger partial charge in [0.1, 0.15) is 6.04 Å². The van der Waals surface area contributed by atoms with Gasteiger partial charge in [-0.15, -0.1) is 12.4 Å². The molecule has 0 bridgehead atoms. The van der Waals surface area contributed by atoms with Crippen molar-refractivity contribution in [1.82, 2.24) is 15.5 Å². The molecule has 1 fully saturated rings. The van der Waals surface area contributed by atoms with Gasteiger partial charge in [-0.05, 0) is 37.0 Å². The molecule has 5 nitrogen and oxygen atoms in total. The molecular formula is C18H28ClN3O2S. The van der Waals surface area contributed by atoms with Crippen molar-refractivity contribution in [1.29, 1.82) is 0 Å². The maximum absolute atomic E-state index is 12.8. The van der Waals surface area contributed by atoms with Crippen molar-refractivity contribution in [2.45, 2.75) is 25.3 Å². The minimum Gasteiger partial charge on any atom is -0.344 e. The van der Waals surface area contributed by atoms with Gasteiger partial charge in [0.15, 0.2) is 0 Å². The van der Waals surface area contributed by atoms with Crippen LogP contribution in [0.15, 0.2) is 30.3 Å². The average molecular weight is 386 g/mol. The van der Waals surface area contributed by atoms with Crippen molar-refractivity contribution in [3.8, 4) is 0 Å². The predicted molar refractivity (Wildman–Crippen MR) is 106 cm³/mol. The average Bonchev–Trinajstić information content (AvgIpc) is 2.88. The molecule has 1 saturated heterocycles. The SMILES string of the molecule is CSCCC(NC(=O)Cc1ccccc1)C(=O)N1CCCNCC1.Cl. The van der Waals surface area contributed by atoms with Crippen LogP contribution in [-0.2, 0) is 16.0 Å². The minimum atomic E-state index is -0.424. The Morgan fingerprint density at radius 2 is 2.00 bits per heavy atom. The molecule has 1 aliphatic rings. The molecule has 1 heterocycles. The van der Waals surface area contributed by atoms with Crippen molar-refractivity contribution < 1.29 is 9.59 Å². The van der Waals surface area contributed by atoms with E-state index in [1.54, 1.807) is 11.8 Å². The van der Waals surface area contributed by atoms with Gasteiger partial charge in [0.25, 0.3) is 0 Å². The normalized spacial score (nSPS) is 15.6. The highest BCUT2D eigenvalue weighted by Gasteiger charge is 2.26. The molecule has 1 aliphatic heterocycles. The van der Waals surface area contributed by atoms with E-state index in [2.05, 4.69) is 10.6 Å². The molecule has 1 unspecified atom stereocenters. The maximum Gasteiger partial charge on any atom is 0.245 e. The number of nitrogens with one attached hydrogen (secondary N) is 2. The van der Waals surface area contributed by atoms with Crippen LogP contribution < -0.4 is 10.6 Å². The Morgan fingerprint density at radius 3 is 2.72 bits per heavy atom. The second-order valence-electron chi connectivity index (χ2n) is 5.99. The van der Waals surface area contributed by atoms with Gasteiger partial charge >= 0.3 is 0 Å². The van der Waals surface area contributed by atoms with Crippen LogP contribution in [0, 0.1) is 0 Å². The number of halogens is 1. The van der Waals surface area contributed by atoms with E-state index in [-0.39, 0.29) is 24.2 Å². The zero-order valence-corrected chi connectivity index (χ0v) is 16.3. The third-order valence-electron chi connectivity index (χ3n) is 4.10. The maximum atomic E-state index is 12.8.